The molecule has 2 aromatic carbocycles. The lowest BCUT2D eigenvalue weighted by atomic mass is 9.83. The van der Waals surface area contributed by atoms with Crippen LogP contribution in [-0.4, -0.2) is 132 Å². The second kappa shape index (κ2) is 23.5. The molecule has 6 rings (SSSR count). The molecule has 400 valence electrons. The number of aliphatic hydroxyl groups excluding tert-OH is 1. The maximum atomic E-state index is 13.5. The van der Waals surface area contributed by atoms with Gasteiger partial charge in [0.2, 0.25) is 0 Å². The van der Waals surface area contributed by atoms with Crippen molar-refractivity contribution in [2.24, 2.45) is 10.8 Å². The molecular weight excluding hydrogens is 945 g/mol. The molecule has 1 N–H and O–H groups in total. The highest BCUT2D eigenvalue weighted by Crippen LogP contribution is 2.49. The predicted molar refractivity (Wildman–Crippen MR) is 282 cm³/mol. The van der Waals surface area contributed by atoms with E-state index >= 15 is 0 Å². The number of aliphatic hydroxyl groups is 1. The highest BCUT2D eigenvalue weighted by Gasteiger charge is 2.44. The highest BCUT2D eigenvalue weighted by atomic mass is 16.5. The predicted octanol–water partition coefficient (Wildman–Crippen LogP) is 8.17. The summed E-state index contributed by atoms with van der Waals surface area (Å²) in [5.41, 5.74) is 3.71. The van der Waals surface area contributed by atoms with Gasteiger partial charge in [-0.3, -0.25) is 48.4 Å². The van der Waals surface area contributed by atoms with E-state index in [1.165, 1.54) is 26.2 Å². The van der Waals surface area contributed by atoms with Gasteiger partial charge in [-0.1, -0.05) is 91.3 Å². The van der Waals surface area contributed by atoms with Gasteiger partial charge in [-0.2, -0.15) is 0 Å². The maximum absolute atomic E-state index is 13.5. The minimum absolute atomic E-state index is 0.0652. The fourth-order valence-corrected chi connectivity index (χ4v) is 9.03. The molecule has 0 aromatic heterocycles. The number of fused-ring (bicyclic) bond motifs is 2. The number of ether oxygens (including phenoxy) is 2. The van der Waals surface area contributed by atoms with Crippen LogP contribution in [0.2, 0.25) is 0 Å². The number of barbiturate groups is 2. The third kappa shape index (κ3) is 11.7. The second-order valence-electron chi connectivity index (χ2n) is 21.2. The molecule has 4 heterocycles. The standard InChI is InChI=1S/C30H41N3O6.C27H35N3O5/c1-7-9-16-32-25(35)21(26(36)33(28(32)38)18-20-39-27(37)29(3,4)8-2)14-15-24-30(5,6)22-12-10-11-13-23(22)31(24)17-19-34;1-8-26(2,3)24(33)35-17-11-16-30-20-13-10-9-12-19(20)27(4,5)21(30)15-14-18-22(31)28(6)25(34)29(7)23(18)32/h10-15,34H,7-9,16-20H2,1-6H3;9-10,12-15H,8,11,16-17H2,1-7H3/b21-14+,24-15+;21-15+. The van der Waals surface area contributed by atoms with Gasteiger partial charge in [0.1, 0.15) is 17.8 Å². The number of rotatable bonds is 18. The first-order chi connectivity index (χ1) is 34.8. The average Bonchev–Trinajstić information content (AvgIpc) is 3.72. The first kappa shape index (κ1) is 58.0. The molecule has 0 aliphatic carbocycles. The molecule has 4 aliphatic heterocycles. The molecule has 2 saturated heterocycles. The summed E-state index contributed by atoms with van der Waals surface area (Å²) >= 11 is 0. The van der Waals surface area contributed by atoms with Crippen molar-refractivity contribution >= 4 is 59.0 Å². The third-order valence-electron chi connectivity index (χ3n) is 14.7. The van der Waals surface area contributed by atoms with Gasteiger partial charge in [-0.15, -0.1) is 0 Å². The highest BCUT2D eigenvalue weighted by molar-refractivity contribution is 6.29. The molecule has 17 nitrogen and oxygen atoms in total. The van der Waals surface area contributed by atoms with Crippen molar-refractivity contribution < 1.29 is 52.9 Å². The first-order valence-electron chi connectivity index (χ1n) is 25.6. The number of β-amino-alcohol motifs (C(OH)–C–C–N with tert-alkyl or cyclic N) is 1. The number of benzene rings is 2. The topological polar surface area (TPSA) is 195 Å². The van der Waals surface area contributed by atoms with E-state index in [0.717, 1.165) is 59.9 Å². The van der Waals surface area contributed by atoms with E-state index in [-0.39, 0.29) is 48.8 Å². The number of unbranched alkanes of at least 4 members (excludes halogenated alkanes) is 1. The van der Waals surface area contributed by atoms with E-state index in [1.807, 2.05) is 95.8 Å². The lowest BCUT2D eigenvalue weighted by Gasteiger charge is -2.34. The van der Waals surface area contributed by atoms with Gasteiger partial charge in [-0.25, -0.2) is 9.59 Å². The Morgan fingerprint density at radius 3 is 1.39 bits per heavy atom. The lowest BCUT2D eigenvalue weighted by Crippen LogP contribution is -2.57. The Labute approximate surface area is 436 Å². The maximum Gasteiger partial charge on any atom is 0.334 e. The Morgan fingerprint density at radius 1 is 0.541 bits per heavy atom. The van der Waals surface area contributed by atoms with Gasteiger partial charge in [0.05, 0.1) is 30.6 Å². The van der Waals surface area contributed by atoms with Crippen LogP contribution in [-0.2, 0) is 49.1 Å². The van der Waals surface area contributed by atoms with Crippen LogP contribution in [0.3, 0.4) is 0 Å². The van der Waals surface area contributed by atoms with Crippen LogP contribution in [0.25, 0.3) is 0 Å². The van der Waals surface area contributed by atoms with E-state index < -0.39 is 57.9 Å². The Kier molecular flexibility index (Phi) is 18.5. The van der Waals surface area contributed by atoms with Gasteiger partial charge >= 0.3 is 24.0 Å². The van der Waals surface area contributed by atoms with Gasteiger partial charge < -0.3 is 24.4 Å². The molecule has 74 heavy (non-hydrogen) atoms. The molecular formula is C57H76N6O11. The zero-order chi connectivity index (χ0) is 55.1. The number of para-hydroxylation sites is 2. The number of esters is 2. The first-order valence-corrected chi connectivity index (χ1v) is 25.6. The minimum Gasteiger partial charge on any atom is -0.465 e. The number of urea groups is 2. The van der Waals surface area contributed by atoms with E-state index in [1.54, 1.807) is 26.0 Å². The summed E-state index contributed by atoms with van der Waals surface area (Å²) in [6, 6.07) is 14.6. The van der Waals surface area contributed by atoms with Crippen molar-refractivity contribution in [3.8, 4) is 0 Å². The fourth-order valence-electron chi connectivity index (χ4n) is 9.03. The summed E-state index contributed by atoms with van der Waals surface area (Å²) in [5, 5.41) is 9.73. The van der Waals surface area contributed by atoms with Crippen LogP contribution in [0, 0.1) is 10.8 Å². The summed E-state index contributed by atoms with van der Waals surface area (Å²) in [7, 11) is 2.72. The third-order valence-corrected chi connectivity index (χ3v) is 14.7. The molecule has 0 saturated carbocycles. The van der Waals surface area contributed by atoms with Crippen LogP contribution < -0.4 is 9.80 Å². The number of anilines is 2. The van der Waals surface area contributed by atoms with Gasteiger partial charge in [0.15, 0.2) is 0 Å². The van der Waals surface area contributed by atoms with Crippen LogP contribution in [0.15, 0.2) is 95.4 Å². The number of hydrogen-bond acceptors (Lipinski definition) is 13. The van der Waals surface area contributed by atoms with Crippen molar-refractivity contribution in [1.82, 2.24) is 19.6 Å². The second-order valence-corrected chi connectivity index (χ2v) is 21.2. The van der Waals surface area contributed by atoms with Crippen molar-refractivity contribution in [2.75, 3.05) is 69.9 Å². The molecule has 0 atom stereocenters. The van der Waals surface area contributed by atoms with E-state index in [9.17, 15) is 43.5 Å². The molecule has 0 radical (unpaired) electrons. The number of imide groups is 4. The molecule has 4 aliphatic rings. The Bertz CT molecular complexity index is 2630. The van der Waals surface area contributed by atoms with Crippen LogP contribution >= 0.6 is 0 Å². The SMILES string of the molecule is CCC(C)(C)C(=O)OCCCN1/C(=C/C=C2C(=O)N(C)C(=O)N(C)C2=O)C(C)(C)c2ccccc21.CCCCN1C(=O)/C(=C\C=C2\N(CCO)c3ccccc3C2(C)C)C(=O)N(CCOC(=O)C(C)(C)CC)C1=O. The number of nitrogens with zero attached hydrogens (tertiary/aromatic N) is 6. The van der Waals surface area contributed by atoms with Crippen molar-refractivity contribution in [3.05, 3.63) is 107 Å². The van der Waals surface area contributed by atoms with Gasteiger partial charge in [-0.05, 0) is 101 Å². The Morgan fingerprint density at radius 2 is 0.946 bits per heavy atom. The van der Waals surface area contributed by atoms with Crippen LogP contribution in [0.4, 0.5) is 21.0 Å². The van der Waals surface area contributed by atoms with Gasteiger partial charge in [0, 0.05) is 67.3 Å². The summed E-state index contributed by atoms with van der Waals surface area (Å²) in [6.07, 6.45) is 9.76. The number of carbonyl (C=O) groups is 8. The van der Waals surface area contributed by atoms with Crippen molar-refractivity contribution in [1.29, 1.82) is 0 Å². The van der Waals surface area contributed by atoms with E-state index in [4.69, 9.17) is 9.47 Å². The van der Waals surface area contributed by atoms with E-state index in [0.29, 0.717) is 45.4 Å². The average molecular weight is 1020 g/mol. The summed E-state index contributed by atoms with van der Waals surface area (Å²) in [5.74, 6) is -3.23. The molecule has 0 unspecified atom stereocenters. The molecule has 0 spiro atoms. The smallest absolute Gasteiger partial charge is 0.334 e. The Hall–Kier alpha value is -6.88. The molecule has 17 heteroatoms. The van der Waals surface area contributed by atoms with Crippen molar-refractivity contribution in [3.63, 3.8) is 0 Å². The lowest BCUT2D eigenvalue weighted by molar-refractivity contribution is -0.155. The fraction of sp³-hybridized carbons (Fsp3) is 0.509. The number of hydrogen-bond donors (Lipinski definition) is 1. The number of carbonyl (C=O) groups excluding carboxylic acids is 8. The summed E-state index contributed by atoms with van der Waals surface area (Å²) in [4.78, 5) is 110. The minimum atomic E-state index is -0.720. The number of likely N-dealkylation sites (N-methyl/N-ethyl adjacent to an activating group) is 2. The van der Waals surface area contributed by atoms with E-state index in [2.05, 4.69) is 24.8 Å². The number of amides is 8. The Balaban J connectivity index is 0.000000276. The molecule has 2 aromatic rings. The number of allylic oxidation sites excluding steroid dienone is 6. The largest absolute Gasteiger partial charge is 0.465 e. The quantitative estimate of drug-likeness (QED) is 0.0651. The van der Waals surface area contributed by atoms with Crippen LogP contribution in [0.1, 0.15) is 119 Å². The molecule has 8 amide bonds. The summed E-state index contributed by atoms with van der Waals surface area (Å²) in [6.45, 7) is 22.4. The zero-order valence-electron chi connectivity index (χ0n) is 45.6. The normalized spacial score (nSPS) is 19.2. The molecule has 2 fully saturated rings. The van der Waals surface area contributed by atoms with Crippen molar-refractivity contribution in [2.45, 2.75) is 119 Å². The summed E-state index contributed by atoms with van der Waals surface area (Å²) < 4.78 is 10.9. The monoisotopic (exact) mass is 1020 g/mol. The van der Waals surface area contributed by atoms with Crippen LogP contribution in [0.5, 0.6) is 0 Å². The van der Waals surface area contributed by atoms with Gasteiger partial charge in [0.25, 0.3) is 23.6 Å². The molecule has 0 bridgehead atoms. The zero-order valence-corrected chi connectivity index (χ0v) is 45.6.